The van der Waals surface area contributed by atoms with E-state index in [4.69, 9.17) is 9.47 Å². The average molecular weight is 276 g/mol. The van der Waals surface area contributed by atoms with Crippen LogP contribution in [0.4, 0.5) is 0 Å². The van der Waals surface area contributed by atoms with Crippen molar-refractivity contribution in [2.24, 2.45) is 4.99 Å². The third kappa shape index (κ3) is 2.78. The fourth-order valence-corrected chi connectivity index (χ4v) is 4.15. The van der Waals surface area contributed by atoms with Crippen molar-refractivity contribution in [3.63, 3.8) is 0 Å². The van der Waals surface area contributed by atoms with E-state index in [1.54, 1.807) is 0 Å². The molecule has 0 aliphatic carbocycles. The number of nitrogens with zero attached hydrogens (tertiary/aromatic N) is 2. The number of morpholine rings is 1. The van der Waals surface area contributed by atoms with E-state index in [0.29, 0.717) is 32.7 Å². The summed E-state index contributed by atoms with van der Waals surface area (Å²) in [4.78, 5) is 13.8. The van der Waals surface area contributed by atoms with Crippen LogP contribution in [0.5, 0.6) is 0 Å². The predicted octanol–water partition coefficient (Wildman–Crippen LogP) is -0.511. The van der Waals surface area contributed by atoms with E-state index >= 15 is 0 Å². The Labute approximate surface area is 106 Å². The Hall–Kier alpha value is -0.790. The van der Waals surface area contributed by atoms with Gasteiger partial charge in [0.25, 0.3) is 0 Å². The van der Waals surface area contributed by atoms with Gasteiger partial charge in [-0.1, -0.05) is 0 Å². The molecule has 2 aliphatic heterocycles. The normalized spacial score (nSPS) is 27.7. The molecule has 2 fully saturated rings. The largest absolute Gasteiger partial charge is 0.381 e. The number of carbonyl (C=O) groups excluding carboxylic acids is 1. The van der Waals surface area contributed by atoms with E-state index in [9.17, 15) is 13.2 Å². The molecule has 7 nitrogen and oxygen atoms in total. The maximum atomic E-state index is 12.5. The van der Waals surface area contributed by atoms with Gasteiger partial charge in [0.05, 0.1) is 18.5 Å². The van der Waals surface area contributed by atoms with Gasteiger partial charge < -0.3 is 9.47 Å². The summed E-state index contributed by atoms with van der Waals surface area (Å²) in [5, 5.41) is -0.450. The SMILES string of the molecule is O=C=NC1COCCN1S(=O)(=O)C1CCOCC1. The zero-order valence-corrected chi connectivity index (χ0v) is 10.8. The third-order valence-electron chi connectivity index (χ3n) is 3.17. The highest BCUT2D eigenvalue weighted by Crippen LogP contribution is 2.23. The summed E-state index contributed by atoms with van der Waals surface area (Å²) in [5.74, 6) is 0. The van der Waals surface area contributed by atoms with Crippen LogP contribution in [0.15, 0.2) is 4.99 Å². The summed E-state index contributed by atoms with van der Waals surface area (Å²) in [6.45, 7) is 1.58. The van der Waals surface area contributed by atoms with E-state index in [1.165, 1.54) is 10.4 Å². The molecule has 0 aromatic rings. The Morgan fingerprint density at radius 1 is 1.17 bits per heavy atom. The van der Waals surface area contributed by atoms with Gasteiger partial charge in [-0.05, 0) is 12.8 Å². The van der Waals surface area contributed by atoms with Gasteiger partial charge in [-0.15, -0.1) is 0 Å². The molecule has 18 heavy (non-hydrogen) atoms. The lowest BCUT2D eigenvalue weighted by Crippen LogP contribution is -2.51. The van der Waals surface area contributed by atoms with Crippen molar-refractivity contribution in [1.82, 2.24) is 4.31 Å². The molecule has 0 amide bonds. The van der Waals surface area contributed by atoms with Gasteiger partial charge in [0.15, 0.2) is 6.17 Å². The Morgan fingerprint density at radius 3 is 2.56 bits per heavy atom. The van der Waals surface area contributed by atoms with Gasteiger partial charge in [-0.2, -0.15) is 9.30 Å². The second kappa shape index (κ2) is 5.90. The monoisotopic (exact) mass is 276 g/mol. The minimum atomic E-state index is -3.46. The van der Waals surface area contributed by atoms with E-state index in [1.807, 2.05) is 0 Å². The summed E-state index contributed by atoms with van der Waals surface area (Å²) >= 11 is 0. The maximum Gasteiger partial charge on any atom is 0.236 e. The van der Waals surface area contributed by atoms with Crippen molar-refractivity contribution < 1.29 is 22.7 Å². The number of aliphatic imine (C=N–C) groups is 1. The second-order valence-corrected chi connectivity index (χ2v) is 6.41. The summed E-state index contributed by atoms with van der Waals surface area (Å²) in [7, 11) is -3.46. The molecule has 2 saturated heterocycles. The van der Waals surface area contributed by atoms with Gasteiger partial charge >= 0.3 is 0 Å². The first-order valence-corrected chi connectivity index (χ1v) is 7.39. The molecule has 102 valence electrons. The highest BCUT2D eigenvalue weighted by Gasteiger charge is 2.39. The first kappa shape index (κ1) is 13.6. The van der Waals surface area contributed by atoms with E-state index < -0.39 is 21.4 Å². The molecule has 1 atom stereocenters. The lowest BCUT2D eigenvalue weighted by molar-refractivity contribution is 0.0339. The molecule has 0 saturated carbocycles. The van der Waals surface area contributed by atoms with Crippen LogP contribution in [0.1, 0.15) is 12.8 Å². The molecular weight excluding hydrogens is 260 g/mol. The number of hydrogen-bond acceptors (Lipinski definition) is 6. The van der Waals surface area contributed by atoms with Crippen LogP contribution < -0.4 is 0 Å². The molecule has 2 heterocycles. The Balaban J connectivity index is 2.17. The van der Waals surface area contributed by atoms with Crippen LogP contribution in [0.3, 0.4) is 0 Å². The van der Waals surface area contributed by atoms with E-state index in [0.717, 1.165) is 0 Å². The Morgan fingerprint density at radius 2 is 1.89 bits per heavy atom. The summed E-state index contributed by atoms with van der Waals surface area (Å²) in [6, 6.07) is 0. The van der Waals surface area contributed by atoms with Crippen molar-refractivity contribution in [2.75, 3.05) is 33.0 Å². The van der Waals surface area contributed by atoms with Gasteiger partial charge in [0, 0.05) is 19.8 Å². The minimum Gasteiger partial charge on any atom is -0.381 e. The highest BCUT2D eigenvalue weighted by molar-refractivity contribution is 7.89. The van der Waals surface area contributed by atoms with Crippen LogP contribution in [0, 0.1) is 0 Å². The van der Waals surface area contributed by atoms with Crippen molar-refractivity contribution >= 4 is 16.1 Å². The van der Waals surface area contributed by atoms with Crippen molar-refractivity contribution in [2.45, 2.75) is 24.3 Å². The van der Waals surface area contributed by atoms with E-state index in [-0.39, 0.29) is 13.2 Å². The number of isocyanates is 1. The third-order valence-corrected chi connectivity index (χ3v) is 5.57. The highest BCUT2D eigenvalue weighted by atomic mass is 32.2. The van der Waals surface area contributed by atoms with Gasteiger partial charge in [0.2, 0.25) is 16.1 Å². The summed E-state index contributed by atoms with van der Waals surface area (Å²) in [5.41, 5.74) is 0. The number of sulfonamides is 1. The van der Waals surface area contributed by atoms with E-state index in [2.05, 4.69) is 4.99 Å². The topological polar surface area (TPSA) is 85.3 Å². The Bertz CT molecular complexity index is 426. The van der Waals surface area contributed by atoms with Crippen LogP contribution in [-0.4, -0.2) is 63.2 Å². The molecule has 0 aromatic carbocycles. The second-order valence-electron chi connectivity index (χ2n) is 4.24. The first-order chi connectivity index (χ1) is 8.66. The fourth-order valence-electron chi connectivity index (χ4n) is 2.20. The number of rotatable bonds is 3. The smallest absolute Gasteiger partial charge is 0.236 e. The quantitative estimate of drug-likeness (QED) is 0.512. The molecule has 2 rings (SSSR count). The lowest BCUT2D eigenvalue weighted by atomic mass is 10.2. The molecule has 0 radical (unpaired) electrons. The Kier molecular flexibility index (Phi) is 4.47. The minimum absolute atomic E-state index is 0.109. The number of ether oxygens (including phenoxy) is 2. The molecule has 2 aliphatic rings. The fraction of sp³-hybridized carbons (Fsp3) is 0.900. The zero-order chi connectivity index (χ0) is 13.0. The number of hydrogen-bond donors (Lipinski definition) is 0. The van der Waals surface area contributed by atoms with Crippen molar-refractivity contribution in [3.8, 4) is 0 Å². The summed E-state index contributed by atoms with van der Waals surface area (Å²) in [6.07, 6.45) is 1.60. The van der Waals surface area contributed by atoms with Crippen LogP contribution in [0.25, 0.3) is 0 Å². The molecule has 1 unspecified atom stereocenters. The van der Waals surface area contributed by atoms with Crippen LogP contribution in [0.2, 0.25) is 0 Å². The van der Waals surface area contributed by atoms with Gasteiger partial charge in [-0.3, -0.25) is 0 Å². The molecular formula is C10H16N2O5S. The molecule has 8 heteroatoms. The lowest BCUT2D eigenvalue weighted by Gasteiger charge is -2.35. The standard InChI is InChI=1S/C10H16N2O5S/c13-8-11-10-7-17-6-3-12(10)18(14,15)9-1-4-16-5-2-9/h9-10H,1-7H2. The van der Waals surface area contributed by atoms with Gasteiger partial charge in [-0.25, -0.2) is 13.2 Å². The molecule has 0 bridgehead atoms. The average Bonchev–Trinajstić information content (AvgIpc) is 2.41. The van der Waals surface area contributed by atoms with Gasteiger partial charge in [0.1, 0.15) is 0 Å². The molecule has 0 N–H and O–H groups in total. The maximum absolute atomic E-state index is 12.5. The molecule has 0 spiro atoms. The summed E-state index contributed by atoms with van der Waals surface area (Å²) < 4.78 is 36.5. The molecule has 0 aromatic heterocycles. The van der Waals surface area contributed by atoms with Crippen molar-refractivity contribution in [3.05, 3.63) is 0 Å². The van der Waals surface area contributed by atoms with Crippen LogP contribution in [-0.2, 0) is 24.3 Å². The van der Waals surface area contributed by atoms with Crippen LogP contribution >= 0.6 is 0 Å². The predicted molar refractivity (Wildman–Crippen MR) is 62.2 cm³/mol. The van der Waals surface area contributed by atoms with Crippen molar-refractivity contribution in [1.29, 1.82) is 0 Å². The zero-order valence-electron chi connectivity index (χ0n) is 9.95. The first-order valence-electron chi connectivity index (χ1n) is 5.89.